The van der Waals surface area contributed by atoms with Crippen molar-refractivity contribution in [3.63, 3.8) is 0 Å². The van der Waals surface area contributed by atoms with Crippen LogP contribution in [-0.2, 0) is 4.79 Å². The van der Waals surface area contributed by atoms with Gasteiger partial charge in [0, 0.05) is 43.7 Å². The number of phenolic OH excluding ortho intramolecular Hbond substituents is 2. The Balaban J connectivity index is 2.01. The molecule has 2 rings (SSSR count). The second kappa shape index (κ2) is 6.66. The highest BCUT2D eigenvalue weighted by Crippen LogP contribution is 2.24. The van der Waals surface area contributed by atoms with Crippen molar-refractivity contribution in [1.82, 2.24) is 9.80 Å². The zero-order chi connectivity index (χ0) is 17.2. The van der Waals surface area contributed by atoms with Gasteiger partial charge in [0.2, 0.25) is 5.91 Å². The molecule has 0 radical (unpaired) electrons. The van der Waals surface area contributed by atoms with E-state index in [1.807, 2.05) is 0 Å². The van der Waals surface area contributed by atoms with Crippen molar-refractivity contribution in [3.8, 4) is 11.5 Å². The molecular formula is C16H21ClN2O4. The lowest BCUT2D eigenvalue weighted by atomic mass is 9.94. The Morgan fingerprint density at radius 2 is 1.52 bits per heavy atom. The largest absolute Gasteiger partial charge is 0.508 e. The highest BCUT2D eigenvalue weighted by Gasteiger charge is 2.33. The summed E-state index contributed by atoms with van der Waals surface area (Å²) in [5, 5.41) is 19.0. The van der Waals surface area contributed by atoms with Crippen LogP contribution in [0.5, 0.6) is 11.5 Å². The zero-order valence-corrected chi connectivity index (χ0v) is 14.0. The molecule has 6 nitrogen and oxygen atoms in total. The number of aromatic hydroxyl groups is 2. The number of hydrogen-bond acceptors (Lipinski definition) is 4. The van der Waals surface area contributed by atoms with Gasteiger partial charge in [-0.1, -0.05) is 0 Å². The number of carbonyl (C=O) groups excluding carboxylic acids is 2. The number of benzene rings is 1. The fourth-order valence-electron chi connectivity index (χ4n) is 2.50. The van der Waals surface area contributed by atoms with E-state index in [-0.39, 0.29) is 34.8 Å². The lowest BCUT2D eigenvalue weighted by Gasteiger charge is -2.38. The SMILES string of the molecule is CC(C)(CCl)C(=O)N1CCN(C(=O)c2cc(O)cc(O)c2)CC1. The molecule has 0 aromatic heterocycles. The van der Waals surface area contributed by atoms with Crippen LogP contribution < -0.4 is 0 Å². The van der Waals surface area contributed by atoms with Crippen LogP contribution in [0.3, 0.4) is 0 Å². The number of carbonyl (C=O) groups is 2. The molecule has 1 aliphatic heterocycles. The first-order chi connectivity index (χ1) is 10.7. The van der Waals surface area contributed by atoms with Crippen LogP contribution in [0.15, 0.2) is 18.2 Å². The molecule has 2 amide bonds. The zero-order valence-electron chi connectivity index (χ0n) is 13.3. The van der Waals surface area contributed by atoms with E-state index < -0.39 is 5.41 Å². The molecule has 1 fully saturated rings. The molecule has 1 aliphatic rings. The average Bonchev–Trinajstić information content (AvgIpc) is 2.52. The molecule has 0 spiro atoms. The number of halogens is 1. The van der Waals surface area contributed by atoms with E-state index in [0.29, 0.717) is 26.2 Å². The number of piperazine rings is 1. The summed E-state index contributed by atoms with van der Waals surface area (Å²) in [5.41, 5.74) is -0.395. The van der Waals surface area contributed by atoms with E-state index in [4.69, 9.17) is 11.6 Å². The number of amides is 2. The predicted molar refractivity (Wildman–Crippen MR) is 86.8 cm³/mol. The molecule has 0 unspecified atom stereocenters. The molecule has 1 heterocycles. The topological polar surface area (TPSA) is 81.1 Å². The van der Waals surface area contributed by atoms with Gasteiger partial charge in [-0.15, -0.1) is 11.6 Å². The van der Waals surface area contributed by atoms with Gasteiger partial charge < -0.3 is 20.0 Å². The van der Waals surface area contributed by atoms with Gasteiger partial charge in [0.15, 0.2) is 0 Å². The third-order valence-corrected chi connectivity index (χ3v) is 4.58. The summed E-state index contributed by atoms with van der Waals surface area (Å²) >= 11 is 5.84. The number of phenols is 2. The fraction of sp³-hybridized carbons (Fsp3) is 0.500. The van der Waals surface area contributed by atoms with E-state index >= 15 is 0 Å². The highest BCUT2D eigenvalue weighted by molar-refractivity contribution is 6.19. The molecule has 1 aromatic rings. The first kappa shape index (κ1) is 17.4. The summed E-state index contributed by atoms with van der Waals surface area (Å²) in [4.78, 5) is 28.1. The van der Waals surface area contributed by atoms with Gasteiger partial charge in [-0.05, 0) is 26.0 Å². The molecule has 0 atom stereocenters. The van der Waals surface area contributed by atoms with E-state index in [2.05, 4.69) is 0 Å². The van der Waals surface area contributed by atoms with E-state index in [9.17, 15) is 19.8 Å². The summed E-state index contributed by atoms with van der Waals surface area (Å²) in [6.45, 7) is 5.29. The van der Waals surface area contributed by atoms with E-state index in [1.54, 1.807) is 23.6 Å². The second-order valence-electron chi connectivity index (χ2n) is 6.34. The van der Waals surface area contributed by atoms with Crippen LogP contribution in [-0.4, -0.2) is 63.9 Å². The first-order valence-corrected chi connectivity index (χ1v) is 7.95. The minimum Gasteiger partial charge on any atom is -0.508 e. The molecule has 2 N–H and O–H groups in total. The second-order valence-corrected chi connectivity index (χ2v) is 6.61. The number of rotatable bonds is 3. The normalized spacial score (nSPS) is 15.6. The van der Waals surface area contributed by atoms with Gasteiger partial charge in [0.05, 0.1) is 5.41 Å². The lowest BCUT2D eigenvalue weighted by Crippen LogP contribution is -2.53. The molecule has 0 saturated carbocycles. The van der Waals surface area contributed by atoms with Crippen molar-refractivity contribution in [1.29, 1.82) is 0 Å². The van der Waals surface area contributed by atoms with Crippen LogP contribution >= 0.6 is 11.6 Å². The maximum absolute atomic E-state index is 12.4. The maximum atomic E-state index is 12.4. The third-order valence-electron chi connectivity index (χ3n) is 3.92. The highest BCUT2D eigenvalue weighted by atomic mass is 35.5. The van der Waals surface area contributed by atoms with Gasteiger partial charge in [-0.25, -0.2) is 0 Å². The number of hydrogen-bond donors (Lipinski definition) is 2. The van der Waals surface area contributed by atoms with Gasteiger partial charge in [0.1, 0.15) is 11.5 Å². The van der Waals surface area contributed by atoms with Crippen molar-refractivity contribution in [3.05, 3.63) is 23.8 Å². The van der Waals surface area contributed by atoms with Crippen molar-refractivity contribution in [2.75, 3.05) is 32.1 Å². The first-order valence-electron chi connectivity index (χ1n) is 7.42. The van der Waals surface area contributed by atoms with E-state index in [1.165, 1.54) is 18.2 Å². The summed E-state index contributed by atoms with van der Waals surface area (Å²) < 4.78 is 0. The Labute approximate surface area is 140 Å². The van der Waals surface area contributed by atoms with Gasteiger partial charge in [0.25, 0.3) is 5.91 Å². The molecular weight excluding hydrogens is 320 g/mol. The molecule has 7 heteroatoms. The van der Waals surface area contributed by atoms with Crippen molar-refractivity contribution >= 4 is 23.4 Å². The minimum absolute atomic E-state index is 0.0189. The summed E-state index contributed by atoms with van der Waals surface area (Å²) in [5.74, 6) is -0.375. The Hall–Kier alpha value is -1.95. The maximum Gasteiger partial charge on any atom is 0.254 e. The minimum atomic E-state index is -0.620. The van der Waals surface area contributed by atoms with Gasteiger partial charge >= 0.3 is 0 Å². The monoisotopic (exact) mass is 340 g/mol. The van der Waals surface area contributed by atoms with Crippen molar-refractivity contribution in [2.45, 2.75) is 13.8 Å². The Morgan fingerprint density at radius 1 is 1.04 bits per heavy atom. The van der Waals surface area contributed by atoms with Crippen molar-refractivity contribution < 1.29 is 19.8 Å². The molecule has 1 saturated heterocycles. The van der Waals surface area contributed by atoms with Crippen LogP contribution in [0.1, 0.15) is 24.2 Å². The molecule has 126 valence electrons. The summed E-state index contributed by atoms with van der Waals surface area (Å²) in [6, 6.07) is 3.80. The molecule has 0 aliphatic carbocycles. The number of alkyl halides is 1. The molecule has 1 aromatic carbocycles. The quantitative estimate of drug-likeness (QED) is 0.820. The van der Waals surface area contributed by atoms with Crippen LogP contribution in [0.4, 0.5) is 0 Å². The lowest BCUT2D eigenvalue weighted by molar-refractivity contribution is -0.140. The van der Waals surface area contributed by atoms with Crippen LogP contribution in [0.25, 0.3) is 0 Å². The Kier molecular flexibility index (Phi) is 5.04. The Bertz CT molecular complexity index is 590. The standard InChI is InChI=1S/C16H21ClN2O4/c1-16(2,10-17)15(23)19-5-3-18(4-6-19)14(22)11-7-12(20)9-13(21)8-11/h7-9,20-21H,3-6,10H2,1-2H3. The van der Waals surface area contributed by atoms with Crippen LogP contribution in [0.2, 0.25) is 0 Å². The summed E-state index contributed by atoms with van der Waals surface area (Å²) in [7, 11) is 0. The van der Waals surface area contributed by atoms with Gasteiger partial charge in [-0.3, -0.25) is 9.59 Å². The smallest absolute Gasteiger partial charge is 0.254 e. The number of nitrogens with zero attached hydrogens (tertiary/aromatic N) is 2. The predicted octanol–water partition coefficient (Wildman–Crippen LogP) is 1.65. The van der Waals surface area contributed by atoms with E-state index in [0.717, 1.165) is 0 Å². The Morgan fingerprint density at radius 3 is 2.00 bits per heavy atom. The van der Waals surface area contributed by atoms with Crippen molar-refractivity contribution in [2.24, 2.45) is 5.41 Å². The summed E-state index contributed by atoms with van der Waals surface area (Å²) in [6.07, 6.45) is 0. The average molecular weight is 341 g/mol. The third kappa shape index (κ3) is 3.88. The van der Waals surface area contributed by atoms with Gasteiger partial charge in [-0.2, -0.15) is 0 Å². The fourth-order valence-corrected chi connectivity index (χ4v) is 2.61. The molecule has 23 heavy (non-hydrogen) atoms. The molecule has 0 bridgehead atoms. The van der Waals surface area contributed by atoms with Crippen LogP contribution in [0, 0.1) is 5.41 Å².